The Morgan fingerprint density at radius 3 is 2.56 bits per heavy atom. The smallest absolute Gasteiger partial charge is 0.407 e. The van der Waals surface area contributed by atoms with Crippen LogP contribution in [0.1, 0.15) is 40.0 Å². The lowest BCUT2D eigenvalue weighted by molar-refractivity contribution is -0.164. The Balaban J connectivity index is 2.04. The number of hydrogen-bond donors (Lipinski definition) is 1. The molecule has 1 heterocycles. The number of nitrogens with one attached hydrogen (secondary N) is 1. The second-order valence-electron chi connectivity index (χ2n) is 7.57. The monoisotopic (exact) mass is 399 g/mol. The summed E-state index contributed by atoms with van der Waals surface area (Å²) in [5.74, 6) is -0.289. The van der Waals surface area contributed by atoms with Crippen molar-refractivity contribution < 1.29 is 27.4 Å². The van der Waals surface area contributed by atoms with Gasteiger partial charge in [-0.3, -0.25) is 0 Å². The molecule has 1 aliphatic heterocycles. The van der Waals surface area contributed by atoms with Crippen molar-refractivity contribution in [3.8, 4) is 0 Å². The summed E-state index contributed by atoms with van der Waals surface area (Å²) in [4.78, 5) is 12.3. The van der Waals surface area contributed by atoms with Crippen LogP contribution in [0.15, 0.2) is 35.2 Å². The van der Waals surface area contributed by atoms with Crippen molar-refractivity contribution in [3.63, 3.8) is 0 Å². The summed E-state index contributed by atoms with van der Waals surface area (Å²) in [7, 11) is -3.59. The number of carbonyl (C=O) groups excluding carboxylic acids is 1. The Kier molecular flexibility index (Phi) is 7.64. The largest absolute Gasteiger partial charge is 0.444 e. The van der Waals surface area contributed by atoms with Crippen LogP contribution in [0.25, 0.3) is 0 Å². The van der Waals surface area contributed by atoms with E-state index in [1.807, 2.05) is 0 Å². The van der Waals surface area contributed by atoms with Crippen molar-refractivity contribution in [2.24, 2.45) is 0 Å². The van der Waals surface area contributed by atoms with Crippen LogP contribution in [0.3, 0.4) is 0 Å². The minimum Gasteiger partial charge on any atom is -0.444 e. The maximum atomic E-state index is 12.7. The predicted molar refractivity (Wildman–Crippen MR) is 101 cm³/mol. The molecular formula is C19H29NO6S. The van der Waals surface area contributed by atoms with E-state index in [1.165, 1.54) is 12.1 Å². The van der Waals surface area contributed by atoms with E-state index in [0.717, 1.165) is 19.3 Å². The number of alkyl carbamates (subject to hydrolysis) is 1. The van der Waals surface area contributed by atoms with Crippen LogP contribution in [0.5, 0.6) is 0 Å². The highest BCUT2D eigenvalue weighted by molar-refractivity contribution is 7.91. The molecule has 0 saturated carbocycles. The van der Waals surface area contributed by atoms with Gasteiger partial charge in [0.05, 0.1) is 23.3 Å². The molecule has 0 radical (unpaired) electrons. The van der Waals surface area contributed by atoms with Gasteiger partial charge in [-0.15, -0.1) is 0 Å². The summed E-state index contributed by atoms with van der Waals surface area (Å²) >= 11 is 0. The lowest BCUT2D eigenvalue weighted by Gasteiger charge is -2.27. The van der Waals surface area contributed by atoms with Crippen molar-refractivity contribution in [3.05, 3.63) is 30.3 Å². The van der Waals surface area contributed by atoms with Gasteiger partial charge < -0.3 is 19.5 Å². The zero-order chi connectivity index (χ0) is 19.9. The molecule has 2 atom stereocenters. The van der Waals surface area contributed by atoms with Crippen LogP contribution < -0.4 is 5.32 Å². The molecule has 0 aromatic heterocycles. The van der Waals surface area contributed by atoms with Crippen molar-refractivity contribution >= 4 is 15.9 Å². The first-order valence-electron chi connectivity index (χ1n) is 9.16. The first-order valence-corrected chi connectivity index (χ1v) is 10.8. The fourth-order valence-corrected chi connectivity index (χ4v) is 4.13. The summed E-state index contributed by atoms with van der Waals surface area (Å²) in [5, 5.41) is 2.62. The zero-order valence-corrected chi connectivity index (χ0v) is 17.0. The lowest BCUT2D eigenvalue weighted by Crippen LogP contribution is -2.46. The van der Waals surface area contributed by atoms with Gasteiger partial charge >= 0.3 is 6.09 Å². The molecule has 1 N–H and O–H groups in total. The Morgan fingerprint density at radius 1 is 1.26 bits per heavy atom. The van der Waals surface area contributed by atoms with Gasteiger partial charge in [0.15, 0.2) is 16.1 Å². The highest BCUT2D eigenvalue weighted by atomic mass is 32.2. The fraction of sp³-hybridized carbons (Fsp3) is 0.632. The quantitative estimate of drug-likeness (QED) is 0.758. The van der Waals surface area contributed by atoms with Crippen LogP contribution in [-0.2, 0) is 24.0 Å². The summed E-state index contributed by atoms with van der Waals surface area (Å²) in [5.41, 5.74) is -0.680. The molecule has 152 valence electrons. The Morgan fingerprint density at radius 2 is 1.96 bits per heavy atom. The third kappa shape index (κ3) is 7.86. The molecule has 2 rings (SSSR count). The van der Waals surface area contributed by atoms with Crippen LogP contribution in [0.2, 0.25) is 0 Å². The van der Waals surface area contributed by atoms with Crippen molar-refractivity contribution in [1.29, 1.82) is 0 Å². The van der Waals surface area contributed by atoms with Gasteiger partial charge in [0, 0.05) is 6.61 Å². The van der Waals surface area contributed by atoms with E-state index in [9.17, 15) is 13.2 Å². The summed E-state index contributed by atoms with van der Waals surface area (Å²) in [6.07, 6.45) is 1.69. The number of sulfone groups is 1. The maximum absolute atomic E-state index is 12.7. The number of rotatable bonds is 7. The number of carbonyl (C=O) groups is 1. The molecule has 0 bridgehead atoms. The van der Waals surface area contributed by atoms with E-state index >= 15 is 0 Å². The molecule has 7 nitrogen and oxygen atoms in total. The Labute approximate surface area is 161 Å². The lowest BCUT2D eigenvalue weighted by atomic mass is 10.2. The van der Waals surface area contributed by atoms with E-state index < -0.39 is 27.6 Å². The molecule has 1 aliphatic rings. The molecule has 8 heteroatoms. The maximum Gasteiger partial charge on any atom is 0.407 e. The number of ether oxygens (including phenoxy) is 3. The normalized spacial score (nSPS) is 19.3. The number of amides is 1. The molecule has 1 aromatic rings. The molecular weight excluding hydrogens is 370 g/mol. The van der Waals surface area contributed by atoms with Crippen molar-refractivity contribution in [2.45, 2.75) is 62.9 Å². The first kappa shape index (κ1) is 21.7. The predicted octanol–water partition coefficient (Wildman–Crippen LogP) is 2.90. The average Bonchev–Trinajstić information content (AvgIpc) is 2.59. The molecule has 0 aliphatic carbocycles. The minimum absolute atomic E-state index is 0.0238. The van der Waals surface area contributed by atoms with Crippen LogP contribution in [0.4, 0.5) is 4.79 Å². The van der Waals surface area contributed by atoms with E-state index in [-0.39, 0.29) is 23.5 Å². The van der Waals surface area contributed by atoms with E-state index in [1.54, 1.807) is 39.0 Å². The zero-order valence-electron chi connectivity index (χ0n) is 16.1. The van der Waals surface area contributed by atoms with Crippen molar-refractivity contribution in [2.75, 3.05) is 19.0 Å². The van der Waals surface area contributed by atoms with Crippen LogP contribution >= 0.6 is 0 Å². The van der Waals surface area contributed by atoms with Crippen LogP contribution in [0, 0.1) is 0 Å². The Bertz CT molecular complexity index is 693. The minimum atomic E-state index is -3.59. The third-order valence-electron chi connectivity index (χ3n) is 3.86. The summed E-state index contributed by atoms with van der Waals surface area (Å²) in [6, 6.07) is 7.38. The standard InChI is InChI=1S/C19H29NO6S/c1-19(2,3)26-18(21)20-15(13-25-17-11-7-8-12-24-17)14-27(22,23)16-9-5-4-6-10-16/h4-6,9-10,15,17H,7-8,11-14H2,1-3H3,(H,20,21)/t15-,17-/m1/s1. The SMILES string of the molecule is CC(C)(C)OC(=O)N[C@H](CO[C@@H]1CCCCO1)CS(=O)(=O)c1ccccc1. The molecule has 1 fully saturated rings. The first-order chi connectivity index (χ1) is 12.7. The van der Waals surface area contributed by atoms with Gasteiger partial charge in [0.2, 0.25) is 0 Å². The van der Waals surface area contributed by atoms with Gasteiger partial charge in [-0.1, -0.05) is 18.2 Å². The fourth-order valence-electron chi connectivity index (χ4n) is 2.66. The van der Waals surface area contributed by atoms with Gasteiger partial charge in [-0.2, -0.15) is 0 Å². The second-order valence-corrected chi connectivity index (χ2v) is 9.60. The average molecular weight is 400 g/mol. The van der Waals surface area contributed by atoms with Gasteiger partial charge in [-0.25, -0.2) is 13.2 Å². The second kappa shape index (κ2) is 9.52. The summed E-state index contributed by atoms with van der Waals surface area (Å²) in [6.45, 7) is 5.88. The van der Waals surface area contributed by atoms with E-state index in [4.69, 9.17) is 14.2 Å². The molecule has 1 amide bonds. The highest BCUT2D eigenvalue weighted by Gasteiger charge is 2.27. The van der Waals surface area contributed by atoms with Gasteiger partial charge in [0.25, 0.3) is 0 Å². The third-order valence-corrected chi connectivity index (χ3v) is 5.70. The molecule has 1 saturated heterocycles. The topological polar surface area (TPSA) is 90.9 Å². The molecule has 0 unspecified atom stereocenters. The molecule has 1 aromatic carbocycles. The number of hydrogen-bond acceptors (Lipinski definition) is 6. The molecule has 0 spiro atoms. The summed E-state index contributed by atoms with van der Waals surface area (Å²) < 4.78 is 41.8. The molecule has 27 heavy (non-hydrogen) atoms. The van der Waals surface area contributed by atoms with Gasteiger partial charge in [0.1, 0.15) is 5.60 Å². The Hall–Kier alpha value is -1.64. The van der Waals surface area contributed by atoms with Crippen molar-refractivity contribution in [1.82, 2.24) is 5.32 Å². The van der Waals surface area contributed by atoms with Crippen LogP contribution in [-0.4, -0.2) is 51.4 Å². The van der Waals surface area contributed by atoms with E-state index in [0.29, 0.717) is 6.61 Å². The van der Waals surface area contributed by atoms with E-state index in [2.05, 4.69) is 5.32 Å². The van der Waals surface area contributed by atoms with Gasteiger partial charge in [-0.05, 0) is 52.2 Å². The number of benzene rings is 1. The highest BCUT2D eigenvalue weighted by Crippen LogP contribution is 2.16.